The second-order valence-corrected chi connectivity index (χ2v) is 6.08. The zero-order valence-electron chi connectivity index (χ0n) is 14.9. The summed E-state index contributed by atoms with van der Waals surface area (Å²) in [6.45, 7) is 3.19. The molecule has 8 nitrogen and oxygen atoms in total. The fourth-order valence-electron chi connectivity index (χ4n) is 3.15. The SMILES string of the molecule is COC(=O)C1=C(CN2CCOCC2)NC(=O)N[C@@H]1c1cccc(OC)c1. The molecule has 26 heavy (non-hydrogen) atoms. The van der Waals surface area contributed by atoms with Gasteiger partial charge in [0.25, 0.3) is 0 Å². The highest BCUT2D eigenvalue weighted by atomic mass is 16.5. The van der Waals surface area contributed by atoms with E-state index in [0.717, 1.165) is 18.7 Å². The van der Waals surface area contributed by atoms with E-state index in [9.17, 15) is 9.59 Å². The molecule has 0 aromatic heterocycles. The molecule has 1 aromatic carbocycles. The van der Waals surface area contributed by atoms with Crippen LogP contribution in [0.2, 0.25) is 0 Å². The largest absolute Gasteiger partial charge is 0.497 e. The van der Waals surface area contributed by atoms with Crippen LogP contribution in [0, 0.1) is 0 Å². The predicted octanol–water partition coefficient (Wildman–Crippen LogP) is 0.808. The molecule has 2 amide bonds. The molecule has 0 aliphatic carbocycles. The van der Waals surface area contributed by atoms with Crippen molar-refractivity contribution < 1.29 is 23.8 Å². The van der Waals surface area contributed by atoms with Gasteiger partial charge in [0.1, 0.15) is 5.75 Å². The van der Waals surface area contributed by atoms with Crippen molar-refractivity contribution in [2.75, 3.05) is 47.1 Å². The quantitative estimate of drug-likeness (QED) is 0.755. The van der Waals surface area contributed by atoms with Crippen LogP contribution in [0.3, 0.4) is 0 Å². The van der Waals surface area contributed by atoms with E-state index in [1.807, 2.05) is 18.2 Å². The Bertz CT molecular complexity index is 713. The first-order valence-corrected chi connectivity index (χ1v) is 8.45. The number of hydrogen-bond donors (Lipinski definition) is 2. The van der Waals surface area contributed by atoms with Gasteiger partial charge >= 0.3 is 12.0 Å². The number of nitrogens with one attached hydrogen (secondary N) is 2. The van der Waals surface area contributed by atoms with Crippen LogP contribution in [0.4, 0.5) is 4.79 Å². The lowest BCUT2D eigenvalue weighted by Crippen LogP contribution is -2.49. The summed E-state index contributed by atoms with van der Waals surface area (Å²) >= 11 is 0. The van der Waals surface area contributed by atoms with Gasteiger partial charge in [0.2, 0.25) is 0 Å². The zero-order valence-corrected chi connectivity index (χ0v) is 14.9. The molecule has 1 atom stereocenters. The summed E-state index contributed by atoms with van der Waals surface area (Å²) < 4.78 is 15.6. The number of rotatable bonds is 5. The molecule has 8 heteroatoms. The van der Waals surface area contributed by atoms with Crippen molar-refractivity contribution in [1.82, 2.24) is 15.5 Å². The first kappa shape index (κ1) is 18.2. The van der Waals surface area contributed by atoms with Crippen LogP contribution in [0.1, 0.15) is 11.6 Å². The number of nitrogens with zero attached hydrogens (tertiary/aromatic N) is 1. The van der Waals surface area contributed by atoms with E-state index in [0.29, 0.717) is 36.8 Å². The maximum atomic E-state index is 12.5. The zero-order chi connectivity index (χ0) is 18.5. The lowest BCUT2D eigenvalue weighted by Gasteiger charge is -2.33. The van der Waals surface area contributed by atoms with Crippen LogP contribution in [-0.4, -0.2) is 64.0 Å². The fraction of sp³-hybridized carbons (Fsp3) is 0.444. The van der Waals surface area contributed by atoms with Crippen LogP contribution < -0.4 is 15.4 Å². The van der Waals surface area contributed by atoms with Gasteiger partial charge in [-0.15, -0.1) is 0 Å². The molecule has 0 saturated carbocycles. The van der Waals surface area contributed by atoms with Gasteiger partial charge in [-0.2, -0.15) is 0 Å². The summed E-state index contributed by atoms with van der Waals surface area (Å²) in [5.74, 6) is 0.169. The van der Waals surface area contributed by atoms with Crippen molar-refractivity contribution in [3.8, 4) is 5.75 Å². The fourth-order valence-corrected chi connectivity index (χ4v) is 3.15. The van der Waals surface area contributed by atoms with Crippen molar-refractivity contribution in [3.05, 3.63) is 41.1 Å². The van der Waals surface area contributed by atoms with E-state index in [2.05, 4.69) is 15.5 Å². The van der Waals surface area contributed by atoms with E-state index >= 15 is 0 Å². The Labute approximate surface area is 152 Å². The molecule has 0 unspecified atom stereocenters. The van der Waals surface area contributed by atoms with E-state index in [4.69, 9.17) is 14.2 Å². The second kappa shape index (κ2) is 8.20. The minimum absolute atomic E-state index is 0.353. The number of ether oxygens (including phenoxy) is 3. The number of esters is 1. The van der Waals surface area contributed by atoms with Gasteiger partial charge in [-0.3, -0.25) is 4.90 Å². The van der Waals surface area contributed by atoms with Crippen molar-refractivity contribution in [2.45, 2.75) is 6.04 Å². The van der Waals surface area contributed by atoms with Crippen LogP contribution in [-0.2, 0) is 14.3 Å². The molecule has 140 valence electrons. The van der Waals surface area contributed by atoms with Gasteiger partial charge in [0.05, 0.1) is 39.0 Å². The van der Waals surface area contributed by atoms with Crippen LogP contribution in [0.25, 0.3) is 0 Å². The Balaban J connectivity index is 1.98. The molecule has 1 fully saturated rings. The molecule has 0 radical (unpaired) electrons. The van der Waals surface area contributed by atoms with Gasteiger partial charge in [-0.1, -0.05) is 12.1 Å². The Morgan fingerprint density at radius 3 is 2.77 bits per heavy atom. The smallest absolute Gasteiger partial charge is 0.338 e. The Hall–Kier alpha value is -2.58. The summed E-state index contributed by atoms with van der Waals surface area (Å²) in [7, 11) is 2.90. The Kier molecular flexibility index (Phi) is 5.75. The normalized spacial score (nSPS) is 21.0. The van der Waals surface area contributed by atoms with Crippen LogP contribution in [0.15, 0.2) is 35.5 Å². The third-order valence-corrected chi connectivity index (χ3v) is 4.47. The predicted molar refractivity (Wildman–Crippen MR) is 93.7 cm³/mol. The number of hydrogen-bond acceptors (Lipinski definition) is 6. The van der Waals surface area contributed by atoms with Crippen molar-refractivity contribution in [1.29, 1.82) is 0 Å². The molecule has 3 rings (SSSR count). The summed E-state index contributed by atoms with van der Waals surface area (Å²) in [6, 6.07) is 6.30. The van der Waals surface area contributed by atoms with E-state index < -0.39 is 12.0 Å². The third-order valence-electron chi connectivity index (χ3n) is 4.47. The Morgan fingerprint density at radius 2 is 2.08 bits per heavy atom. The number of methoxy groups -OCH3 is 2. The van der Waals surface area contributed by atoms with Crippen molar-refractivity contribution in [3.63, 3.8) is 0 Å². The monoisotopic (exact) mass is 361 g/mol. The average Bonchev–Trinajstić information content (AvgIpc) is 2.68. The van der Waals surface area contributed by atoms with Crippen LogP contribution in [0.5, 0.6) is 5.75 Å². The maximum absolute atomic E-state index is 12.5. The number of carbonyl (C=O) groups excluding carboxylic acids is 2. The van der Waals surface area contributed by atoms with Crippen molar-refractivity contribution >= 4 is 12.0 Å². The lowest BCUT2D eigenvalue weighted by molar-refractivity contribution is -0.136. The molecule has 1 aromatic rings. The highest BCUT2D eigenvalue weighted by Gasteiger charge is 2.34. The molecule has 2 aliphatic rings. The van der Waals surface area contributed by atoms with E-state index in [1.165, 1.54) is 7.11 Å². The van der Waals surface area contributed by atoms with Gasteiger partial charge in [-0.05, 0) is 17.7 Å². The first-order valence-electron chi connectivity index (χ1n) is 8.45. The van der Waals surface area contributed by atoms with Gasteiger partial charge in [0.15, 0.2) is 0 Å². The van der Waals surface area contributed by atoms with E-state index in [-0.39, 0.29) is 6.03 Å². The first-order chi connectivity index (χ1) is 12.6. The number of amides is 2. The molecule has 0 spiro atoms. The van der Waals surface area contributed by atoms with Crippen molar-refractivity contribution in [2.24, 2.45) is 0 Å². The molecule has 2 aliphatic heterocycles. The minimum Gasteiger partial charge on any atom is -0.497 e. The summed E-state index contributed by atoms with van der Waals surface area (Å²) in [4.78, 5) is 26.9. The number of urea groups is 1. The van der Waals surface area contributed by atoms with Gasteiger partial charge in [0, 0.05) is 25.3 Å². The topological polar surface area (TPSA) is 89.1 Å². The average molecular weight is 361 g/mol. The molecular formula is C18H23N3O5. The molecule has 1 saturated heterocycles. The third kappa shape index (κ3) is 3.97. The summed E-state index contributed by atoms with van der Waals surface area (Å²) in [5.41, 5.74) is 1.70. The molecule has 2 N–H and O–H groups in total. The highest BCUT2D eigenvalue weighted by Crippen LogP contribution is 2.30. The van der Waals surface area contributed by atoms with Gasteiger partial charge in [-0.25, -0.2) is 9.59 Å². The summed E-state index contributed by atoms with van der Waals surface area (Å²) in [5, 5.41) is 5.58. The highest BCUT2D eigenvalue weighted by molar-refractivity contribution is 5.95. The second-order valence-electron chi connectivity index (χ2n) is 6.08. The standard InChI is InChI=1S/C18H23N3O5/c1-24-13-5-3-4-12(10-13)16-15(17(22)25-2)14(19-18(23)20-16)11-21-6-8-26-9-7-21/h3-5,10,16H,6-9,11H2,1-2H3,(H2,19,20,23)/t16-/m1/s1. The molecule has 0 bridgehead atoms. The molecular weight excluding hydrogens is 338 g/mol. The number of carbonyl (C=O) groups is 2. The minimum atomic E-state index is -0.609. The number of benzene rings is 1. The van der Waals surface area contributed by atoms with Gasteiger partial charge < -0.3 is 24.8 Å². The summed E-state index contributed by atoms with van der Waals surface area (Å²) in [6.07, 6.45) is 0. The lowest BCUT2D eigenvalue weighted by atomic mass is 9.94. The van der Waals surface area contributed by atoms with E-state index in [1.54, 1.807) is 13.2 Å². The number of morpholine rings is 1. The van der Waals surface area contributed by atoms with Crippen LogP contribution >= 0.6 is 0 Å². The Morgan fingerprint density at radius 1 is 1.31 bits per heavy atom. The molecule has 2 heterocycles. The maximum Gasteiger partial charge on any atom is 0.338 e.